The van der Waals surface area contributed by atoms with Crippen LogP contribution in [0.1, 0.15) is 49.9 Å². The van der Waals surface area contributed by atoms with Crippen molar-refractivity contribution in [2.45, 2.75) is 55.8 Å². The number of halogens is 2. The van der Waals surface area contributed by atoms with Crippen LogP contribution in [0.25, 0.3) is 0 Å². The van der Waals surface area contributed by atoms with Crippen molar-refractivity contribution in [3.8, 4) is 0 Å². The predicted octanol–water partition coefficient (Wildman–Crippen LogP) is 3.23. The smallest absolute Gasteiger partial charge is 0.256 e. The molecule has 2 N–H and O–H groups in total. The zero-order chi connectivity index (χ0) is 19.4. The fraction of sp³-hybridized carbons (Fsp3) is 0.650. The molecule has 0 saturated carbocycles. The third-order valence-corrected chi connectivity index (χ3v) is 6.65. The van der Waals surface area contributed by atoms with Crippen molar-refractivity contribution in [2.75, 3.05) is 26.2 Å². The van der Waals surface area contributed by atoms with Gasteiger partial charge in [-0.15, -0.1) is 24.8 Å². The number of nitrogens with zero attached hydrogens (tertiary/aromatic N) is 3. The summed E-state index contributed by atoms with van der Waals surface area (Å²) in [6.45, 7) is 7.03. The Morgan fingerprint density at radius 1 is 1.14 bits per heavy atom. The molecule has 164 valence electrons. The summed E-state index contributed by atoms with van der Waals surface area (Å²) in [4.78, 5) is 34.0. The molecule has 0 aliphatic carbocycles. The lowest BCUT2D eigenvalue weighted by Crippen LogP contribution is -2.45. The van der Waals surface area contributed by atoms with E-state index in [4.69, 9.17) is 5.73 Å². The lowest BCUT2D eigenvalue weighted by atomic mass is 9.92. The molecule has 0 aromatic carbocycles. The van der Waals surface area contributed by atoms with E-state index in [1.165, 1.54) is 11.8 Å². The van der Waals surface area contributed by atoms with Gasteiger partial charge in [0.05, 0.1) is 10.8 Å². The van der Waals surface area contributed by atoms with Gasteiger partial charge in [-0.05, 0) is 57.6 Å². The molecule has 9 heteroatoms. The number of hydrogen-bond acceptors (Lipinski definition) is 5. The number of pyridine rings is 1. The van der Waals surface area contributed by atoms with Gasteiger partial charge in [0, 0.05) is 38.4 Å². The molecular formula is C20H32Cl2N4O2S. The number of carbonyl (C=O) groups is 2. The molecule has 6 nitrogen and oxygen atoms in total. The van der Waals surface area contributed by atoms with Gasteiger partial charge in [0.1, 0.15) is 5.03 Å². The summed E-state index contributed by atoms with van der Waals surface area (Å²) < 4.78 is 0. The van der Waals surface area contributed by atoms with E-state index in [1.54, 1.807) is 12.3 Å². The van der Waals surface area contributed by atoms with Gasteiger partial charge in [-0.2, -0.15) is 0 Å². The minimum Gasteiger partial charge on any atom is -0.342 e. The number of carbonyl (C=O) groups excluding carboxylic acids is 2. The van der Waals surface area contributed by atoms with Crippen LogP contribution in [0.3, 0.4) is 0 Å². The maximum atomic E-state index is 13.1. The summed E-state index contributed by atoms with van der Waals surface area (Å²) in [6, 6.07) is 3.69. The number of hydrogen-bond donors (Lipinski definition) is 1. The van der Waals surface area contributed by atoms with Crippen molar-refractivity contribution in [1.82, 2.24) is 14.8 Å². The van der Waals surface area contributed by atoms with Crippen LogP contribution in [0.5, 0.6) is 0 Å². The van der Waals surface area contributed by atoms with E-state index >= 15 is 0 Å². The standard InChI is InChI=1S/C20H30N4O2S.2ClH/c1-14(21)16-7-6-12-24(13-16)20(26)17-8-5-9-22-18(17)27-15(2)19(25)23-10-3-4-11-23;;/h5,8-9,14-16H,3-4,6-7,10-13,21H2,1-2H3;2*1H. The Morgan fingerprint density at radius 2 is 1.79 bits per heavy atom. The normalized spacial score (nSPS) is 21.0. The summed E-state index contributed by atoms with van der Waals surface area (Å²) in [5.41, 5.74) is 6.65. The Hall–Kier alpha value is -1.02. The summed E-state index contributed by atoms with van der Waals surface area (Å²) in [5, 5.41) is 0.396. The lowest BCUT2D eigenvalue weighted by Gasteiger charge is -2.35. The maximum Gasteiger partial charge on any atom is 0.256 e. The van der Waals surface area contributed by atoms with Gasteiger partial charge in [-0.1, -0.05) is 11.8 Å². The fourth-order valence-corrected chi connectivity index (χ4v) is 4.84. The van der Waals surface area contributed by atoms with Crippen molar-refractivity contribution in [3.05, 3.63) is 23.9 Å². The highest BCUT2D eigenvalue weighted by Gasteiger charge is 2.30. The van der Waals surface area contributed by atoms with Crippen LogP contribution >= 0.6 is 36.6 Å². The van der Waals surface area contributed by atoms with Crippen LogP contribution in [0.2, 0.25) is 0 Å². The van der Waals surface area contributed by atoms with E-state index in [0.29, 0.717) is 23.1 Å². The number of aromatic nitrogens is 1. The number of thioether (sulfide) groups is 1. The highest BCUT2D eigenvalue weighted by Crippen LogP contribution is 2.29. The third kappa shape index (κ3) is 6.48. The van der Waals surface area contributed by atoms with Gasteiger partial charge >= 0.3 is 0 Å². The van der Waals surface area contributed by atoms with Crippen LogP contribution in [0, 0.1) is 5.92 Å². The van der Waals surface area contributed by atoms with Gasteiger partial charge in [-0.25, -0.2) is 4.98 Å². The minimum absolute atomic E-state index is 0. The van der Waals surface area contributed by atoms with Crippen LogP contribution in [-0.2, 0) is 4.79 Å². The van der Waals surface area contributed by atoms with Crippen molar-refractivity contribution in [3.63, 3.8) is 0 Å². The largest absolute Gasteiger partial charge is 0.342 e. The van der Waals surface area contributed by atoms with Crippen LogP contribution < -0.4 is 5.73 Å². The first-order valence-electron chi connectivity index (χ1n) is 9.92. The zero-order valence-electron chi connectivity index (χ0n) is 17.1. The van der Waals surface area contributed by atoms with Gasteiger partial charge < -0.3 is 15.5 Å². The van der Waals surface area contributed by atoms with Gasteiger partial charge in [-0.3, -0.25) is 9.59 Å². The van der Waals surface area contributed by atoms with Crippen LogP contribution in [0.4, 0.5) is 0 Å². The second-order valence-corrected chi connectivity index (χ2v) is 8.99. The van der Waals surface area contributed by atoms with E-state index in [2.05, 4.69) is 4.98 Å². The average molecular weight is 463 g/mol. The average Bonchev–Trinajstić information content (AvgIpc) is 3.22. The first kappa shape index (κ1) is 26.0. The van der Waals surface area contributed by atoms with E-state index in [9.17, 15) is 9.59 Å². The Balaban J connectivity index is 0.00000210. The molecule has 2 amide bonds. The van der Waals surface area contributed by atoms with E-state index in [0.717, 1.165) is 45.3 Å². The van der Waals surface area contributed by atoms with Gasteiger partial charge in [0.2, 0.25) is 5.91 Å². The third-order valence-electron chi connectivity index (χ3n) is 5.54. The number of nitrogens with two attached hydrogens (primary N) is 1. The zero-order valence-corrected chi connectivity index (χ0v) is 19.5. The lowest BCUT2D eigenvalue weighted by molar-refractivity contribution is -0.129. The van der Waals surface area contributed by atoms with Crippen LogP contribution in [-0.4, -0.2) is 64.1 Å². The van der Waals surface area contributed by atoms with Crippen LogP contribution in [0.15, 0.2) is 23.4 Å². The molecule has 2 saturated heterocycles. The van der Waals surface area contributed by atoms with Crippen molar-refractivity contribution in [1.29, 1.82) is 0 Å². The van der Waals surface area contributed by atoms with E-state index in [-0.39, 0.29) is 47.9 Å². The van der Waals surface area contributed by atoms with Crippen molar-refractivity contribution < 1.29 is 9.59 Å². The monoisotopic (exact) mass is 462 g/mol. The SMILES string of the molecule is CC(Sc1ncccc1C(=O)N1CCCC(C(C)N)C1)C(=O)N1CCCC1.Cl.Cl. The molecule has 0 radical (unpaired) electrons. The first-order valence-corrected chi connectivity index (χ1v) is 10.8. The fourth-order valence-electron chi connectivity index (χ4n) is 3.85. The Labute approximate surface area is 190 Å². The van der Waals surface area contributed by atoms with E-state index in [1.807, 2.05) is 29.7 Å². The number of likely N-dealkylation sites (tertiary alicyclic amines) is 2. The molecule has 1 aromatic rings. The highest BCUT2D eigenvalue weighted by molar-refractivity contribution is 8.00. The Morgan fingerprint density at radius 3 is 2.45 bits per heavy atom. The molecule has 3 rings (SSSR count). The highest BCUT2D eigenvalue weighted by atomic mass is 35.5. The summed E-state index contributed by atoms with van der Waals surface area (Å²) >= 11 is 1.39. The molecule has 0 bridgehead atoms. The van der Waals surface area contributed by atoms with Crippen molar-refractivity contribution >= 4 is 48.4 Å². The molecule has 3 unspecified atom stereocenters. The molecule has 3 atom stereocenters. The molecule has 2 aliphatic heterocycles. The van der Waals surface area contributed by atoms with Crippen molar-refractivity contribution in [2.24, 2.45) is 11.7 Å². The summed E-state index contributed by atoms with van der Waals surface area (Å²) in [7, 11) is 0. The number of amides is 2. The second-order valence-electron chi connectivity index (χ2n) is 7.66. The molecular weight excluding hydrogens is 431 g/mol. The quantitative estimate of drug-likeness (QED) is 0.679. The Kier molecular flexibility index (Phi) is 10.8. The molecule has 3 heterocycles. The predicted molar refractivity (Wildman–Crippen MR) is 122 cm³/mol. The molecule has 2 fully saturated rings. The topological polar surface area (TPSA) is 79.5 Å². The number of rotatable bonds is 5. The molecule has 1 aromatic heterocycles. The first-order chi connectivity index (χ1) is 13.0. The van der Waals surface area contributed by atoms with E-state index < -0.39 is 0 Å². The summed E-state index contributed by atoms with van der Waals surface area (Å²) in [5.74, 6) is 0.472. The Bertz CT molecular complexity index is 686. The number of piperidine rings is 1. The van der Waals surface area contributed by atoms with Gasteiger partial charge in [0.25, 0.3) is 5.91 Å². The van der Waals surface area contributed by atoms with Gasteiger partial charge in [0.15, 0.2) is 0 Å². The molecule has 29 heavy (non-hydrogen) atoms. The maximum absolute atomic E-state index is 13.1. The molecule has 2 aliphatic rings. The second kappa shape index (κ2) is 12.0. The molecule has 0 spiro atoms. The summed E-state index contributed by atoms with van der Waals surface area (Å²) in [6.07, 6.45) is 5.88. The minimum atomic E-state index is -0.247.